The minimum absolute atomic E-state index is 0.355. The normalized spacial score (nSPS) is 10.3. The van der Waals surface area contributed by atoms with Gasteiger partial charge in [0.2, 0.25) is 0 Å². The predicted molar refractivity (Wildman–Crippen MR) is 60.8 cm³/mol. The van der Waals surface area contributed by atoms with Crippen molar-refractivity contribution in [3.63, 3.8) is 0 Å². The molecule has 0 saturated carbocycles. The van der Waals surface area contributed by atoms with Crippen molar-refractivity contribution in [3.8, 4) is 0 Å². The number of aromatic nitrogens is 2. The Balaban J connectivity index is 2.72. The molecule has 0 aliphatic rings. The molecular formula is C10H15BrN2O2. The maximum absolute atomic E-state index is 11.4. The Hall–Kier alpha value is -0.840. The van der Waals surface area contributed by atoms with Crippen molar-refractivity contribution < 1.29 is 9.53 Å². The zero-order valence-electron chi connectivity index (χ0n) is 8.99. The highest BCUT2D eigenvalue weighted by Crippen LogP contribution is 2.16. The molecule has 1 heterocycles. The molecular weight excluding hydrogens is 260 g/mol. The molecule has 0 aromatic carbocycles. The predicted octanol–water partition coefficient (Wildman–Crippen LogP) is 2.62. The molecule has 0 unspecified atom stereocenters. The summed E-state index contributed by atoms with van der Waals surface area (Å²) in [6, 6.07) is 0. The molecule has 0 aliphatic heterocycles. The van der Waals surface area contributed by atoms with Gasteiger partial charge in [0, 0.05) is 12.7 Å². The van der Waals surface area contributed by atoms with E-state index in [4.69, 9.17) is 4.74 Å². The van der Waals surface area contributed by atoms with Crippen molar-refractivity contribution in [2.45, 2.75) is 33.2 Å². The van der Waals surface area contributed by atoms with Gasteiger partial charge >= 0.3 is 5.97 Å². The highest BCUT2D eigenvalue weighted by atomic mass is 79.9. The Morgan fingerprint density at radius 3 is 2.93 bits per heavy atom. The van der Waals surface area contributed by atoms with Crippen LogP contribution in [0.15, 0.2) is 10.7 Å². The molecule has 1 aromatic rings. The molecule has 15 heavy (non-hydrogen) atoms. The summed E-state index contributed by atoms with van der Waals surface area (Å²) in [5.74, 6) is -0.375. The van der Waals surface area contributed by atoms with Crippen molar-refractivity contribution in [3.05, 3.63) is 16.4 Å². The maximum Gasteiger partial charge on any atom is 0.360 e. The molecule has 0 bridgehead atoms. The van der Waals surface area contributed by atoms with Crippen molar-refractivity contribution in [2.75, 3.05) is 6.61 Å². The molecule has 1 rings (SSSR count). The van der Waals surface area contributed by atoms with Crippen LogP contribution in [0.4, 0.5) is 0 Å². The third kappa shape index (κ3) is 3.34. The van der Waals surface area contributed by atoms with Crippen molar-refractivity contribution >= 4 is 21.9 Å². The van der Waals surface area contributed by atoms with E-state index in [1.165, 1.54) is 0 Å². The minimum Gasteiger partial charge on any atom is -0.461 e. The van der Waals surface area contributed by atoms with Crippen LogP contribution in [-0.4, -0.2) is 22.4 Å². The van der Waals surface area contributed by atoms with E-state index in [2.05, 4.69) is 28.0 Å². The Morgan fingerprint density at radius 2 is 2.33 bits per heavy atom. The lowest BCUT2D eigenvalue weighted by atomic mass is 10.3. The zero-order valence-corrected chi connectivity index (χ0v) is 10.6. The summed E-state index contributed by atoms with van der Waals surface area (Å²) < 4.78 is 7.34. The summed E-state index contributed by atoms with van der Waals surface area (Å²) in [4.78, 5) is 11.4. The van der Waals surface area contributed by atoms with Gasteiger partial charge in [-0.3, -0.25) is 4.68 Å². The molecule has 1 aromatic heterocycles. The van der Waals surface area contributed by atoms with Gasteiger partial charge in [0.1, 0.15) is 0 Å². The van der Waals surface area contributed by atoms with Gasteiger partial charge in [0.05, 0.1) is 11.1 Å². The van der Waals surface area contributed by atoms with Gasteiger partial charge in [0.25, 0.3) is 0 Å². The molecule has 5 heteroatoms. The van der Waals surface area contributed by atoms with Gasteiger partial charge in [0.15, 0.2) is 5.69 Å². The number of carbonyl (C=O) groups is 1. The number of hydrogen-bond acceptors (Lipinski definition) is 3. The van der Waals surface area contributed by atoms with E-state index in [1.54, 1.807) is 11.6 Å². The molecule has 0 fully saturated rings. The quantitative estimate of drug-likeness (QED) is 0.776. The molecule has 0 saturated heterocycles. The second kappa shape index (κ2) is 5.90. The molecule has 0 radical (unpaired) electrons. The SMILES string of the molecule is CCCCn1cc(Br)c(C(=O)OCC)n1. The van der Waals surface area contributed by atoms with Gasteiger partial charge < -0.3 is 4.74 Å². The maximum atomic E-state index is 11.4. The summed E-state index contributed by atoms with van der Waals surface area (Å²) in [6.45, 7) is 5.09. The average Bonchev–Trinajstić information content (AvgIpc) is 2.57. The summed E-state index contributed by atoms with van der Waals surface area (Å²) >= 11 is 3.30. The van der Waals surface area contributed by atoms with Gasteiger partial charge in [-0.15, -0.1) is 0 Å². The molecule has 0 N–H and O–H groups in total. The van der Waals surface area contributed by atoms with Crippen LogP contribution in [-0.2, 0) is 11.3 Å². The first-order valence-corrected chi connectivity index (χ1v) is 5.88. The third-order valence-electron chi connectivity index (χ3n) is 1.93. The number of rotatable bonds is 5. The standard InChI is InChI=1S/C10H15BrN2O2/c1-3-5-6-13-7-8(11)9(12-13)10(14)15-4-2/h7H,3-6H2,1-2H3. The highest BCUT2D eigenvalue weighted by molar-refractivity contribution is 9.10. The lowest BCUT2D eigenvalue weighted by molar-refractivity contribution is 0.0517. The lowest BCUT2D eigenvalue weighted by Crippen LogP contribution is -2.07. The molecule has 0 amide bonds. The summed E-state index contributed by atoms with van der Waals surface area (Å²) in [5.41, 5.74) is 0.355. The summed E-state index contributed by atoms with van der Waals surface area (Å²) in [5, 5.41) is 4.16. The molecule has 4 nitrogen and oxygen atoms in total. The lowest BCUT2D eigenvalue weighted by Gasteiger charge is -1.99. The number of hydrogen-bond donors (Lipinski definition) is 0. The summed E-state index contributed by atoms with van der Waals surface area (Å²) in [6.07, 6.45) is 3.96. The van der Waals surface area contributed by atoms with E-state index in [0.29, 0.717) is 16.8 Å². The average molecular weight is 275 g/mol. The Morgan fingerprint density at radius 1 is 1.60 bits per heavy atom. The minimum atomic E-state index is -0.375. The van der Waals surface area contributed by atoms with Crippen LogP contribution in [0.2, 0.25) is 0 Å². The Kier molecular flexibility index (Phi) is 4.81. The molecule has 0 aliphatic carbocycles. The van der Waals surface area contributed by atoms with Crippen LogP contribution < -0.4 is 0 Å². The highest BCUT2D eigenvalue weighted by Gasteiger charge is 2.15. The molecule has 0 atom stereocenters. The monoisotopic (exact) mass is 274 g/mol. The number of ether oxygens (including phenoxy) is 1. The largest absolute Gasteiger partial charge is 0.461 e. The van der Waals surface area contributed by atoms with Crippen LogP contribution in [0, 0.1) is 0 Å². The van der Waals surface area contributed by atoms with Crippen molar-refractivity contribution in [2.24, 2.45) is 0 Å². The van der Waals surface area contributed by atoms with Crippen LogP contribution >= 0.6 is 15.9 Å². The molecule has 84 valence electrons. The third-order valence-corrected chi connectivity index (χ3v) is 2.51. The fourth-order valence-electron chi connectivity index (χ4n) is 1.17. The number of unbranched alkanes of at least 4 members (excludes halogenated alkanes) is 1. The van der Waals surface area contributed by atoms with E-state index < -0.39 is 0 Å². The number of aryl methyl sites for hydroxylation is 1. The van der Waals surface area contributed by atoms with E-state index in [-0.39, 0.29) is 5.97 Å². The van der Waals surface area contributed by atoms with Crippen LogP contribution in [0.3, 0.4) is 0 Å². The van der Waals surface area contributed by atoms with Crippen LogP contribution in [0.25, 0.3) is 0 Å². The van der Waals surface area contributed by atoms with Gasteiger partial charge in [-0.25, -0.2) is 4.79 Å². The first-order chi connectivity index (χ1) is 7.19. The zero-order chi connectivity index (χ0) is 11.3. The number of esters is 1. The fourth-order valence-corrected chi connectivity index (χ4v) is 1.65. The number of nitrogens with zero attached hydrogens (tertiary/aromatic N) is 2. The van der Waals surface area contributed by atoms with E-state index in [0.717, 1.165) is 19.4 Å². The second-order valence-electron chi connectivity index (χ2n) is 3.16. The number of halogens is 1. The molecule has 0 spiro atoms. The topological polar surface area (TPSA) is 44.1 Å². The fraction of sp³-hybridized carbons (Fsp3) is 0.600. The van der Waals surface area contributed by atoms with E-state index in [9.17, 15) is 4.79 Å². The van der Waals surface area contributed by atoms with Crippen molar-refractivity contribution in [1.29, 1.82) is 0 Å². The first kappa shape index (κ1) is 12.2. The summed E-state index contributed by atoms with van der Waals surface area (Å²) in [7, 11) is 0. The Labute approximate surface area is 97.7 Å². The van der Waals surface area contributed by atoms with E-state index in [1.807, 2.05) is 6.20 Å². The second-order valence-corrected chi connectivity index (χ2v) is 4.02. The Bertz CT molecular complexity index is 336. The van der Waals surface area contributed by atoms with E-state index >= 15 is 0 Å². The van der Waals surface area contributed by atoms with Gasteiger partial charge in [-0.05, 0) is 29.3 Å². The van der Waals surface area contributed by atoms with Crippen LogP contribution in [0.1, 0.15) is 37.2 Å². The smallest absolute Gasteiger partial charge is 0.360 e. The van der Waals surface area contributed by atoms with Gasteiger partial charge in [-0.2, -0.15) is 5.10 Å². The van der Waals surface area contributed by atoms with Gasteiger partial charge in [-0.1, -0.05) is 13.3 Å². The first-order valence-electron chi connectivity index (χ1n) is 5.09. The van der Waals surface area contributed by atoms with Crippen LogP contribution in [0.5, 0.6) is 0 Å². The van der Waals surface area contributed by atoms with Crippen molar-refractivity contribution in [1.82, 2.24) is 9.78 Å². The number of carbonyl (C=O) groups excluding carboxylic acids is 1.